The van der Waals surface area contributed by atoms with Gasteiger partial charge in [0.2, 0.25) is 5.91 Å². The third-order valence-corrected chi connectivity index (χ3v) is 5.55. The van der Waals surface area contributed by atoms with Crippen LogP contribution in [0.3, 0.4) is 0 Å². The molecule has 1 heterocycles. The SMILES string of the molecule is O=C(CSc1ccc(Cl)cc1)N/N=C\c1ccc(N2CCCCC2)cc1F. The number of piperidine rings is 1. The number of nitrogens with zero attached hydrogens (tertiary/aromatic N) is 2. The molecule has 2 aromatic rings. The van der Waals surface area contributed by atoms with Crippen LogP contribution < -0.4 is 10.3 Å². The number of carbonyl (C=O) groups excluding carboxylic acids is 1. The summed E-state index contributed by atoms with van der Waals surface area (Å²) < 4.78 is 14.3. The van der Waals surface area contributed by atoms with Gasteiger partial charge in [0.05, 0.1) is 12.0 Å². The number of benzene rings is 2. The monoisotopic (exact) mass is 405 g/mol. The van der Waals surface area contributed by atoms with E-state index in [4.69, 9.17) is 11.6 Å². The highest BCUT2D eigenvalue weighted by Gasteiger charge is 2.12. The summed E-state index contributed by atoms with van der Waals surface area (Å²) in [4.78, 5) is 15.0. The highest BCUT2D eigenvalue weighted by Crippen LogP contribution is 2.22. The maximum atomic E-state index is 14.3. The lowest BCUT2D eigenvalue weighted by molar-refractivity contribution is -0.118. The van der Waals surface area contributed by atoms with E-state index < -0.39 is 0 Å². The Morgan fingerprint density at radius 3 is 2.63 bits per heavy atom. The zero-order chi connectivity index (χ0) is 19.1. The zero-order valence-corrected chi connectivity index (χ0v) is 16.4. The summed E-state index contributed by atoms with van der Waals surface area (Å²) in [6.07, 6.45) is 4.86. The fraction of sp³-hybridized carbons (Fsp3) is 0.300. The highest BCUT2D eigenvalue weighted by atomic mass is 35.5. The molecular formula is C20H21ClFN3OS. The zero-order valence-electron chi connectivity index (χ0n) is 14.8. The number of carbonyl (C=O) groups is 1. The molecule has 0 atom stereocenters. The van der Waals surface area contributed by atoms with E-state index in [1.54, 1.807) is 18.2 Å². The van der Waals surface area contributed by atoms with Crippen LogP contribution in [0.5, 0.6) is 0 Å². The number of amides is 1. The van der Waals surface area contributed by atoms with Crippen molar-refractivity contribution in [2.75, 3.05) is 23.7 Å². The van der Waals surface area contributed by atoms with Crippen LogP contribution in [0.2, 0.25) is 5.02 Å². The van der Waals surface area contributed by atoms with Crippen molar-refractivity contribution < 1.29 is 9.18 Å². The van der Waals surface area contributed by atoms with Crippen molar-refractivity contribution in [3.05, 3.63) is 58.9 Å². The van der Waals surface area contributed by atoms with Gasteiger partial charge in [-0.3, -0.25) is 4.79 Å². The van der Waals surface area contributed by atoms with Crippen LogP contribution >= 0.6 is 23.4 Å². The van der Waals surface area contributed by atoms with Gasteiger partial charge in [0, 0.05) is 34.3 Å². The van der Waals surface area contributed by atoms with Crippen LogP contribution in [0.25, 0.3) is 0 Å². The third kappa shape index (κ3) is 5.97. The molecule has 142 valence electrons. The Labute approximate surface area is 167 Å². The van der Waals surface area contributed by atoms with Crippen molar-refractivity contribution in [1.82, 2.24) is 5.43 Å². The Morgan fingerprint density at radius 2 is 1.93 bits per heavy atom. The first kappa shape index (κ1) is 19.7. The molecule has 1 aliphatic rings. The molecular weight excluding hydrogens is 385 g/mol. The fourth-order valence-corrected chi connectivity index (χ4v) is 3.67. The lowest BCUT2D eigenvalue weighted by atomic mass is 10.1. The maximum absolute atomic E-state index is 14.3. The lowest BCUT2D eigenvalue weighted by Gasteiger charge is -2.28. The van der Waals surface area contributed by atoms with Crippen molar-refractivity contribution >= 4 is 41.2 Å². The molecule has 3 rings (SSSR count). The molecule has 0 unspecified atom stereocenters. The number of hydrogen-bond acceptors (Lipinski definition) is 4. The minimum atomic E-state index is -0.341. The predicted octanol–water partition coefficient (Wildman–Crippen LogP) is 4.71. The molecule has 27 heavy (non-hydrogen) atoms. The van der Waals surface area contributed by atoms with Crippen LogP contribution in [0.15, 0.2) is 52.5 Å². The summed E-state index contributed by atoms with van der Waals surface area (Å²) in [5, 5.41) is 4.51. The molecule has 2 aromatic carbocycles. The van der Waals surface area contributed by atoms with Gasteiger partial charge in [-0.2, -0.15) is 5.10 Å². The topological polar surface area (TPSA) is 44.7 Å². The molecule has 0 spiro atoms. The van der Waals surface area contributed by atoms with E-state index in [0.29, 0.717) is 10.6 Å². The Balaban J connectivity index is 1.49. The number of nitrogens with one attached hydrogen (secondary N) is 1. The van der Waals surface area contributed by atoms with Gasteiger partial charge in [0.15, 0.2) is 0 Å². The Morgan fingerprint density at radius 1 is 1.19 bits per heavy atom. The van der Waals surface area contributed by atoms with Crippen molar-refractivity contribution in [3.63, 3.8) is 0 Å². The van der Waals surface area contributed by atoms with E-state index in [1.165, 1.54) is 30.5 Å². The van der Waals surface area contributed by atoms with Crippen LogP contribution in [-0.2, 0) is 4.79 Å². The van der Waals surface area contributed by atoms with Gasteiger partial charge in [0.25, 0.3) is 0 Å². The number of anilines is 1. The van der Waals surface area contributed by atoms with Crippen molar-refractivity contribution in [2.45, 2.75) is 24.2 Å². The average Bonchev–Trinajstić information content (AvgIpc) is 2.69. The largest absolute Gasteiger partial charge is 0.371 e. The normalized spacial score (nSPS) is 14.5. The molecule has 0 aromatic heterocycles. The molecule has 4 nitrogen and oxygen atoms in total. The second kappa shape index (κ2) is 9.76. The lowest BCUT2D eigenvalue weighted by Crippen LogP contribution is -2.29. The summed E-state index contributed by atoms with van der Waals surface area (Å²) in [5.74, 6) is -0.377. The molecule has 1 saturated heterocycles. The van der Waals surface area contributed by atoms with Crippen molar-refractivity contribution in [3.8, 4) is 0 Å². The van der Waals surface area contributed by atoms with Crippen LogP contribution in [-0.4, -0.2) is 31.0 Å². The Bertz CT molecular complexity index is 807. The van der Waals surface area contributed by atoms with Gasteiger partial charge in [-0.15, -0.1) is 11.8 Å². The maximum Gasteiger partial charge on any atom is 0.250 e. The average molecular weight is 406 g/mol. The molecule has 7 heteroatoms. The standard InChI is InChI=1S/C20H21ClFN3OS/c21-16-5-8-18(9-6-16)27-14-20(26)24-23-13-15-4-7-17(12-19(15)22)25-10-2-1-3-11-25/h4-9,12-13H,1-3,10-11,14H2,(H,24,26)/b23-13-. The number of hydrogen-bond donors (Lipinski definition) is 1. The second-order valence-corrected chi connectivity index (χ2v) is 7.77. The molecule has 1 fully saturated rings. The van der Waals surface area contributed by atoms with E-state index >= 15 is 0 Å². The Kier molecular flexibility index (Phi) is 7.12. The molecule has 0 bridgehead atoms. The first-order valence-electron chi connectivity index (χ1n) is 8.86. The highest BCUT2D eigenvalue weighted by molar-refractivity contribution is 8.00. The molecule has 0 radical (unpaired) electrons. The fourth-order valence-electron chi connectivity index (χ4n) is 2.86. The van der Waals surface area contributed by atoms with Crippen molar-refractivity contribution in [1.29, 1.82) is 0 Å². The van der Waals surface area contributed by atoms with Crippen LogP contribution in [0.1, 0.15) is 24.8 Å². The van der Waals surface area contributed by atoms with Crippen LogP contribution in [0, 0.1) is 5.82 Å². The van der Waals surface area contributed by atoms with Crippen molar-refractivity contribution in [2.24, 2.45) is 5.10 Å². The summed E-state index contributed by atoms with van der Waals surface area (Å²) in [7, 11) is 0. The van der Waals surface area contributed by atoms with E-state index in [0.717, 1.165) is 36.5 Å². The molecule has 1 aliphatic heterocycles. The second-order valence-electron chi connectivity index (χ2n) is 6.29. The van der Waals surface area contributed by atoms with Gasteiger partial charge in [-0.25, -0.2) is 9.82 Å². The van der Waals surface area contributed by atoms with Gasteiger partial charge in [-0.05, 0) is 61.7 Å². The van der Waals surface area contributed by atoms with Crippen LogP contribution in [0.4, 0.5) is 10.1 Å². The molecule has 0 aliphatic carbocycles. The smallest absolute Gasteiger partial charge is 0.250 e. The van der Waals surface area contributed by atoms with Gasteiger partial charge < -0.3 is 4.90 Å². The molecule has 0 saturated carbocycles. The summed E-state index contributed by atoms with van der Waals surface area (Å²) in [6.45, 7) is 1.93. The number of hydrazone groups is 1. The molecule has 1 amide bonds. The number of thioether (sulfide) groups is 1. The van der Waals surface area contributed by atoms with E-state index in [2.05, 4.69) is 15.4 Å². The van der Waals surface area contributed by atoms with E-state index in [1.807, 2.05) is 18.2 Å². The summed E-state index contributed by atoms with van der Waals surface area (Å²) in [6, 6.07) is 12.4. The quantitative estimate of drug-likeness (QED) is 0.430. The van der Waals surface area contributed by atoms with E-state index in [-0.39, 0.29) is 17.5 Å². The molecule has 1 N–H and O–H groups in total. The van der Waals surface area contributed by atoms with Gasteiger partial charge in [0.1, 0.15) is 5.82 Å². The van der Waals surface area contributed by atoms with Gasteiger partial charge in [-0.1, -0.05) is 11.6 Å². The Hall–Kier alpha value is -2.05. The summed E-state index contributed by atoms with van der Waals surface area (Å²) >= 11 is 7.21. The number of rotatable bonds is 6. The van der Waals surface area contributed by atoms with Gasteiger partial charge >= 0.3 is 0 Å². The minimum absolute atomic E-state index is 0.218. The third-order valence-electron chi connectivity index (χ3n) is 4.28. The minimum Gasteiger partial charge on any atom is -0.371 e. The predicted molar refractivity (Wildman–Crippen MR) is 110 cm³/mol. The summed E-state index contributed by atoms with van der Waals surface area (Å²) in [5.41, 5.74) is 3.67. The first-order valence-corrected chi connectivity index (χ1v) is 10.2. The number of halogens is 2. The first-order chi connectivity index (χ1) is 13.1. The van der Waals surface area contributed by atoms with E-state index in [9.17, 15) is 9.18 Å².